The van der Waals surface area contributed by atoms with Crippen LogP contribution in [0, 0.1) is 11.3 Å². The van der Waals surface area contributed by atoms with E-state index in [1.165, 1.54) is 16.8 Å². The molecule has 0 saturated heterocycles. The smallest absolute Gasteiger partial charge is 0.211 e. The number of pyridine rings is 1. The molecule has 0 aliphatic carbocycles. The fraction of sp³-hybridized carbons (Fsp3) is 0.500. The average molecular weight is 282 g/mol. The molecule has 104 valence electrons. The van der Waals surface area contributed by atoms with Crippen molar-refractivity contribution in [3.8, 4) is 6.07 Å². The third-order valence-electron chi connectivity index (χ3n) is 2.60. The molecule has 0 atom stereocenters. The van der Waals surface area contributed by atoms with Gasteiger partial charge in [0.15, 0.2) is 0 Å². The first kappa shape index (κ1) is 15.4. The van der Waals surface area contributed by atoms with Gasteiger partial charge in [-0.3, -0.25) is 0 Å². The zero-order valence-corrected chi connectivity index (χ0v) is 11.9. The standard InChI is InChI=1S/C12H18N4O2S/c1-3-16(19(2,17)18)8-4-7-14-12-6-5-11(9-13)10-15-12/h5-6,10H,3-4,7-8H2,1-2H3,(H,14,15). The van der Waals surface area contributed by atoms with Crippen molar-refractivity contribution >= 4 is 15.8 Å². The minimum absolute atomic E-state index is 0.480. The minimum Gasteiger partial charge on any atom is -0.370 e. The summed E-state index contributed by atoms with van der Waals surface area (Å²) < 4.78 is 24.2. The monoisotopic (exact) mass is 282 g/mol. The lowest BCUT2D eigenvalue weighted by molar-refractivity contribution is 0.428. The van der Waals surface area contributed by atoms with Crippen molar-refractivity contribution in [3.05, 3.63) is 23.9 Å². The molecule has 0 aliphatic rings. The first-order chi connectivity index (χ1) is 8.97. The quantitative estimate of drug-likeness (QED) is 0.755. The predicted molar refractivity (Wildman–Crippen MR) is 74.1 cm³/mol. The minimum atomic E-state index is -3.12. The van der Waals surface area contributed by atoms with Crippen LogP contribution in [0.3, 0.4) is 0 Å². The summed E-state index contributed by atoms with van der Waals surface area (Å²) in [6, 6.07) is 5.41. The van der Waals surface area contributed by atoms with Crippen LogP contribution in [0.4, 0.5) is 5.82 Å². The van der Waals surface area contributed by atoms with Gasteiger partial charge in [-0.15, -0.1) is 0 Å². The summed E-state index contributed by atoms with van der Waals surface area (Å²) >= 11 is 0. The maximum Gasteiger partial charge on any atom is 0.211 e. The van der Waals surface area contributed by atoms with Gasteiger partial charge >= 0.3 is 0 Å². The Hall–Kier alpha value is -1.65. The van der Waals surface area contributed by atoms with Crippen molar-refractivity contribution in [2.24, 2.45) is 0 Å². The van der Waals surface area contributed by atoms with Gasteiger partial charge in [0.05, 0.1) is 11.8 Å². The molecular formula is C12H18N4O2S. The summed E-state index contributed by atoms with van der Waals surface area (Å²) in [5.41, 5.74) is 0.514. The molecule has 0 aliphatic heterocycles. The Kier molecular flexibility index (Phi) is 5.73. The molecule has 0 amide bonds. The van der Waals surface area contributed by atoms with Crippen LogP contribution in [0.1, 0.15) is 18.9 Å². The second-order valence-electron chi connectivity index (χ2n) is 4.08. The summed E-state index contributed by atoms with van der Waals surface area (Å²) in [5, 5.41) is 11.7. The molecule has 1 heterocycles. The van der Waals surface area contributed by atoms with Crippen LogP contribution in [0.2, 0.25) is 0 Å². The van der Waals surface area contributed by atoms with Crippen molar-refractivity contribution in [3.63, 3.8) is 0 Å². The number of rotatable bonds is 7. The first-order valence-electron chi connectivity index (χ1n) is 6.02. The van der Waals surface area contributed by atoms with Crippen molar-refractivity contribution in [1.82, 2.24) is 9.29 Å². The van der Waals surface area contributed by atoms with Gasteiger partial charge < -0.3 is 5.32 Å². The van der Waals surface area contributed by atoms with Crippen LogP contribution in [0.15, 0.2) is 18.3 Å². The Morgan fingerprint density at radius 2 is 2.21 bits per heavy atom. The van der Waals surface area contributed by atoms with Crippen molar-refractivity contribution in [1.29, 1.82) is 5.26 Å². The number of anilines is 1. The molecule has 0 radical (unpaired) electrons. The third-order valence-corrected chi connectivity index (χ3v) is 3.98. The maximum atomic E-state index is 11.4. The number of hydrogen-bond acceptors (Lipinski definition) is 5. The van der Waals surface area contributed by atoms with Crippen molar-refractivity contribution in [2.45, 2.75) is 13.3 Å². The third kappa shape index (κ3) is 5.24. The molecule has 1 aromatic rings. The highest BCUT2D eigenvalue weighted by Crippen LogP contribution is 2.04. The lowest BCUT2D eigenvalue weighted by Crippen LogP contribution is -2.31. The second kappa shape index (κ2) is 7.07. The van der Waals surface area contributed by atoms with Crippen molar-refractivity contribution in [2.75, 3.05) is 31.2 Å². The molecule has 7 heteroatoms. The van der Waals surface area contributed by atoms with E-state index in [1.54, 1.807) is 12.1 Å². The molecular weight excluding hydrogens is 264 g/mol. The van der Waals surface area contributed by atoms with E-state index in [0.29, 0.717) is 37.4 Å². The highest BCUT2D eigenvalue weighted by atomic mass is 32.2. The van der Waals surface area contributed by atoms with Crippen LogP contribution in [-0.4, -0.2) is 43.6 Å². The van der Waals surface area contributed by atoms with E-state index in [4.69, 9.17) is 5.26 Å². The number of aromatic nitrogens is 1. The van der Waals surface area contributed by atoms with E-state index >= 15 is 0 Å². The molecule has 1 aromatic heterocycles. The number of sulfonamides is 1. The Morgan fingerprint density at radius 3 is 2.68 bits per heavy atom. The Labute approximate surface area is 114 Å². The molecule has 6 nitrogen and oxygen atoms in total. The Balaban J connectivity index is 2.36. The van der Waals surface area contributed by atoms with Crippen LogP contribution >= 0.6 is 0 Å². The van der Waals surface area contributed by atoms with Gasteiger partial charge in [0, 0.05) is 25.8 Å². The predicted octanol–water partition coefficient (Wildman–Crippen LogP) is 1.04. The van der Waals surface area contributed by atoms with E-state index in [0.717, 1.165) is 0 Å². The summed E-state index contributed by atoms with van der Waals surface area (Å²) in [5.74, 6) is 0.682. The Morgan fingerprint density at radius 1 is 1.47 bits per heavy atom. The van der Waals surface area contributed by atoms with Crippen LogP contribution in [0.5, 0.6) is 0 Å². The van der Waals surface area contributed by atoms with E-state index in [1.807, 2.05) is 13.0 Å². The molecule has 19 heavy (non-hydrogen) atoms. The lowest BCUT2D eigenvalue weighted by Gasteiger charge is -2.17. The summed E-state index contributed by atoms with van der Waals surface area (Å²) in [7, 11) is -3.12. The molecule has 0 fully saturated rings. The zero-order valence-electron chi connectivity index (χ0n) is 11.1. The van der Waals surface area contributed by atoms with E-state index in [9.17, 15) is 8.42 Å². The second-order valence-corrected chi connectivity index (χ2v) is 6.06. The largest absolute Gasteiger partial charge is 0.370 e. The van der Waals surface area contributed by atoms with Crippen LogP contribution < -0.4 is 5.32 Å². The molecule has 0 spiro atoms. The average Bonchev–Trinajstić information content (AvgIpc) is 2.38. The van der Waals surface area contributed by atoms with Gasteiger partial charge in [-0.05, 0) is 18.6 Å². The normalized spacial score (nSPS) is 11.3. The number of hydrogen-bond donors (Lipinski definition) is 1. The van der Waals surface area contributed by atoms with Gasteiger partial charge in [-0.25, -0.2) is 17.7 Å². The highest BCUT2D eigenvalue weighted by molar-refractivity contribution is 7.88. The molecule has 0 aromatic carbocycles. The maximum absolute atomic E-state index is 11.4. The summed E-state index contributed by atoms with van der Waals surface area (Å²) in [6.45, 7) is 3.41. The van der Waals surface area contributed by atoms with E-state index in [2.05, 4.69) is 10.3 Å². The van der Waals surface area contributed by atoms with Gasteiger partial charge in [0.25, 0.3) is 0 Å². The Bertz CT molecular complexity index is 534. The molecule has 0 bridgehead atoms. The van der Waals surface area contributed by atoms with Crippen LogP contribution in [0.25, 0.3) is 0 Å². The molecule has 1 N–H and O–H groups in total. The van der Waals surface area contributed by atoms with Gasteiger partial charge in [0.2, 0.25) is 10.0 Å². The number of nitriles is 1. The fourth-order valence-electron chi connectivity index (χ4n) is 1.59. The number of nitrogens with zero attached hydrogens (tertiary/aromatic N) is 3. The SMILES string of the molecule is CCN(CCCNc1ccc(C#N)cn1)S(C)(=O)=O. The van der Waals surface area contributed by atoms with E-state index < -0.39 is 10.0 Å². The summed E-state index contributed by atoms with van der Waals surface area (Å²) in [4.78, 5) is 4.07. The molecule has 1 rings (SSSR count). The zero-order chi connectivity index (χ0) is 14.3. The van der Waals surface area contributed by atoms with E-state index in [-0.39, 0.29) is 0 Å². The topological polar surface area (TPSA) is 86.1 Å². The number of nitrogens with one attached hydrogen (secondary N) is 1. The van der Waals surface area contributed by atoms with Gasteiger partial charge in [0.1, 0.15) is 11.9 Å². The summed E-state index contributed by atoms with van der Waals surface area (Å²) in [6.07, 6.45) is 3.41. The lowest BCUT2D eigenvalue weighted by atomic mass is 10.3. The molecule has 0 saturated carbocycles. The van der Waals surface area contributed by atoms with Gasteiger partial charge in [-0.2, -0.15) is 5.26 Å². The molecule has 0 unspecified atom stereocenters. The van der Waals surface area contributed by atoms with Gasteiger partial charge in [-0.1, -0.05) is 6.92 Å². The first-order valence-corrected chi connectivity index (χ1v) is 7.87. The fourth-order valence-corrected chi connectivity index (χ4v) is 2.52. The van der Waals surface area contributed by atoms with Crippen molar-refractivity contribution < 1.29 is 8.42 Å². The highest BCUT2D eigenvalue weighted by Gasteiger charge is 2.12. The van der Waals surface area contributed by atoms with Crippen LogP contribution in [-0.2, 0) is 10.0 Å².